The largest absolute Gasteiger partial charge is 0.416 e. The van der Waals surface area contributed by atoms with E-state index in [1.807, 2.05) is 6.07 Å². The van der Waals surface area contributed by atoms with Crippen LogP contribution in [0.1, 0.15) is 10.4 Å². The zero-order valence-corrected chi connectivity index (χ0v) is 20.4. The van der Waals surface area contributed by atoms with Crippen LogP contribution in [0.25, 0.3) is 21.6 Å². The van der Waals surface area contributed by atoms with Crippen LogP contribution in [0.2, 0.25) is 10.0 Å². The summed E-state index contributed by atoms with van der Waals surface area (Å²) >= 11 is 13.2. The molecule has 3 nitrogen and oxygen atoms in total. The maximum Gasteiger partial charge on any atom is 0.416 e. The topological polar surface area (TPSA) is 46.2 Å². The lowest BCUT2D eigenvalue weighted by Crippen LogP contribution is -2.22. The minimum Gasteiger partial charge on any atom is -0.207 e. The third-order valence-electron chi connectivity index (χ3n) is 4.96. The van der Waals surface area contributed by atoms with Gasteiger partial charge in [0.05, 0.1) is 10.5 Å². The summed E-state index contributed by atoms with van der Waals surface area (Å²) in [6.07, 6.45) is -4.43. The molecule has 0 spiro atoms. The molecule has 0 saturated heterocycles. The summed E-state index contributed by atoms with van der Waals surface area (Å²) in [5.74, 6) is 0. The smallest absolute Gasteiger partial charge is 0.207 e. The molecule has 0 unspecified atom stereocenters. The third-order valence-corrected chi connectivity index (χ3v) is 8.03. The molecule has 3 aromatic carbocycles. The van der Waals surface area contributed by atoms with Crippen LogP contribution >= 0.6 is 34.5 Å². The Morgan fingerprint density at radius 2 is 1.47 bits per heavy atom. The number of rotatable bonds is 6. The molecular weight excluding hydrogens is 526 g/mol. The van der Waals surface area contributed by atoms with E-state index in [0.29, 0.717) is 25.4 Å². The molecular formula is C24H16Cl2F3NO2S2. The van der Waals surface area contributed by atoms with Gasteiger partial charge in [0.2, 0.25) is 10.0 Å². The molecule has 0 radical (unpaired) electrons. The molecule has 0 saturated carbocycles. The van der Waals surface area contributed by atoms with Gasteiger partial charge in [0.1, 0.15) is 0 Å². The van der Waals surface area contributed by atoms with E-state index in [0.717, 1.165) is 23.3 Å². The van der Waals surface area contributed by atoms with Gasteiger partial charge >= 0.3 is 6.18 Å². The lowest BCUT2D eigenvalue weighted by atomic mass is 10.0. The van der Waals surface area contributed by atoms with Crippen LogP contribution in [0, 0.1) is 0 Å². The fraction of sp³-hybridized carbons (Fsp3) is 0.0833. The Morgan fingerprint density at radius 3 is 2.09 bits per heavy atom. The van der Waals surface area contributed by atoms with Gasteiger partial charge in [-0.2, -0.15) is 13.2 Å². The Hall–Kier alpha value is -2.36. The van der Waals surface area contributed by atoms with Gasteiger partial charge in [-0.05, 0) is 59.7 Å². The molecule has 4 aromatic rings. The van der Waals surface area contributed by atoms with Crippen molar-refractivity contribution >= 4 is 44.6 Å². The summed E-state index contributed by atoms with van der Waals surface area (Å²) in [7, 11) is -3.81. The van der Waals surface area contributed by atoms with E-state index in [1.165, 1.54) is 35.6 Å². The van der Waals surface area contributed by atoms with Gasteiger partial charge in [0.25, 0.3) is 0 Å². The first-order valence-electron chi connectivity index (χ1n) is 9.84. The molecule has 0 aliphatic heterocycles. The molecule has 34 heavy (non-hydrogen) atoms. The van der Waals surface area contributed by atoms with Crippen LogP contribution in [-0.4, -0.2) is 8.42 Å². The van der Waals surface area contributed by atoms with Crippen molar-refractivity contribution in [1.29, 1.82) is 0 Å². The van der Waals surface area contributed by atoms with E-state index in [9.17, 15) is 21.6 Å². The van der Waals surface area contributed by atoms with Crippen LogP contribution < -0.4 is 4.72 Å². The minimum atomic E-state index is -4.43. The summed E-state index contributed by atoms with van der Waals surface area (Å²) in [6, 6.07) is 19.7. The highest BCUT2D eigenvalue weighted by molar-refractivity contribution is 7.89. The SMILES string of the molecule is O=S(=O)(NCc1cc(-c2ccc(Cl)cc2)c(-c2ccc(C(F)(F)F)cc2)s1)c1cccc(Cl)c1. The molecule has 0 atom stereocenters. The van der Waals surface area contributed by atoms with Gasteiger partial charge in [-0.3, -0.25) is 0 Å². The maximum absolute atomic E-state index is 13.0. The van der Waals surface area contributed by atoms with Crippen molar-refractivity contribution in [3.8, 4) is 21.6 Å². The van der Waals surface area contributed by atoms with E-state index in [1.54, 1.807) is 36.4 Å². The van der Waals surface area contributed by atoms with Crippen LogP contribution in [-0.2, 0) is 22.7 Å². The highest BCUT2D eigenvalue weighted by Gasteiger charge is 2.30. The van der Waals surface area contributed by atoms with Crippen LogP contribution in [0.4, 0.5) is 13.2 Å². The summed E-state index contributed by atoms with van der Waals surface area (Å²) in [5, 5.41) is 0.846. The first-order chi connectivity index (χ1) is 16.0. The number of halogens is 5. The number of hydrogen-bond acceptors (Lipinski definition) is 3. The predicted molar refractivity (Wildman–Crippen MR) is 131 cm³/mol. The highest BCUT2D eigenvalue weighted by Crippen LogP contribution is 2.41. The average Bonchev–Trinajstić information content (AvgIpc) is 3.22. The van der Waals surface area contributed by atoms with Gasteiger partial charge in [0, 0.05) is 31.9 Å². The van der Waals surface area contributed by atoms with Crippen molar-refractivity contribution in [3.63, 3.8) is 0 Å². The van der Waals surface area contributed by atoms with Crippen LogP contribution in [0.3, 0.4) is 0 Å². The van der Waals surface area contributed by atoms with Crippen molar-refractivity contribution in [2.24, 2.45) is 0 Å². The summed E-state index contributed by atoms with van der Waals surface area (Å²) in [5.41, 5.74) is 1.42. The third kappa shape index (κ3) is 5.64. The lowest BCUT2D eigenvalue weighted by Gasteiger charge is -2.08. The molecule has 0 aliphatic carbocycles. The molecule has 1 aromatic heterocycles. The maximum atomic E-state index is 13.0. The minimum absolute atomic E-state index is 0.000732. The molecule has 0 fully saturated rings. The molecule has 10 heteroatoms. The predicted octanol–water partition coefficient (Wildman–Crippen LogP) is 7.89. The molecule has 176 valence electrons. The Kier molecular flexibility index (Phi) is 7.07. The summed E-state index contributed by atoms with van der Waals surface area (Å²) in [4.78, 5) is 1.44. The monoisotopic (exact) mass is 541 g/mol. The quantitative estimate of drug-likeness (QED) is 0.269. The number of sulfonamides is 1. The van der Waals surface area contributed by atoms with Crippen molar-refractivity contribution in [3.05, 3.63) is 99.3 Å². The number of thiophene rings is 1. The zero-order valence-electron chi connectivity index (χ0n) is 17.2. The molecule has 0 bridgehead atoms. The summed E-state index contributed by atoms with van der Waals surface area (Å²) < 4.78 is 66.9. The second-order valence-electron chi connectivity index (χ2n) is 7.32. The Morgan fingerprint density at radius 1 is 0.824 bits per heavy atom. The Balaban J connectivity index is 1.69. The number of hydrogen-bond donors (Lipinski definition) is 1. The van der Waals surface area contributed by atoms with Crippen LogP contribution in [0.5, 0.6) is 0 Å². The van der Waals surface area contributed by atoms with E-state index in [2.05, 4.69) is 4.72 Å². The van der Waals surface area contributed by atoms with Crippen LogP contribution in [0.15, 0.2) is 83.8 Å². The van der Waals surface area contributed by atoms with Crippen molar-refractivity contribution in [1.82, 2.24) is 4.72 Å². The first-order valence-corrected chi connectivity index (χ1v) is 12.9. The molecule has 0 aliphatic rings. The fourth-order valence-electron chi connectivity index (χ4n) is 3.28. The van der Waals surface area contributed by atoms with Crippen molar-refractivity contribution in [2.45, 2.75) is 17.6 Å². The van der Waals surface area contributed by atoms with Crippen molar-refractivity contribution < 1.29 is 21.6 Å². The molecule has 0 amide bonds. The Labute approximate surface area is 208 Å². The van der Waals surface area contributed by atoms with Gasteiger partial charge in [0.15, 0.2) is 0 Å². The lowest BCUT2D eigenvalue weighted by molar-refractivity contribution is -0.137. The number of alkyl halides is 3. The number of benzene rings is 3. The fourth-order valence-corrected chi connectivity index (χ4v) is 5.93. The van der Waals surface area contributed by atoms with Gasteiger partial charge in [-0.25, -0.2) is 13.1 Å². The normalized spacial score (nSPS) is 12.1. The molecule has 1 heterocycles. The van der Waals surface area contributed by atoms with Crippen molar-refractivity contribution in [2.75, 3.05) is 0 Å². The Bertz CT molecular complexity index is 1420. The van der Waals surface area contributed by atoms with Gasteiger partial charge in [-0.15, -0.1) is 11.3 Å². The van der Waals surface area contributed by atoms with E-state index >= 15 is 0 Å². The zero-order chi connectivity index (χ0) is 24.5. The summed E-state index contributed by atoms with van der Waals surface area (Å²) in [6.45, 7) is 0.000732. The standard InChI is InChI=1S/C24H16Cl2F3NO2S2/c25-18-10-6-15(7-11-18)22-13-20(14-30-34(31,32)21-3-1-2-19(26)12-21)33-23(22)16-4-8-17(9-5-16)24(27,28)29/h1-13,30H,14H2. The second kappa shape index (κ2) is 9.71. The van der Waals surface area contributed by atoms with Gasteiger partial charge < -0.3 is 0 Å². The van der Waals surface area contributed by atoms with E-state index in [-0.39, 0.29) is 11.4 Å². The number of nitrogens with one attached hydrogen (secondary N) is 1. The average molecular weight is 542 g/mol. The molecule has 4 rings (SSSR count). The van der Waals surface area contributed by atoms with E-state index in [4.69, 9.17) is 23.2 Å². The first kappa shape index (κ1) is 24.8. The second-order valence-corrected chi connectivity index (χ2v) is 11.1. The molecule has 1 N–H and O–H groups in total. The van der Waals surface area contributed by atoms with Gasteiger partial charge in [-0.1, -0.05) is 53.5 Å². The highest BCUT2D eigenvalue weighted by atomic mass is 35.5. The van der Waals surface area contributed by atoms with E-state index < -0.39 is 21.8 Å².